The summed E-state index contributed by atoms with van der Waals surface area (Å²) < 4.78 is 10.8. The second kappa shape index (κ2) is 7.94. The minimum atomic E-state index is -0.838. The molecule has 7 heteroatoms. The number of hydrogen-bond acceptors (Lipinski definition) is 6. The molecule has 1 aromatic heterocycles. The Labute approximate surface area is 158 Å². The number of fused-ring (bicyclic) bond motifs is 1. The van der Waals surface area contributed by atoms with E-state index in [4.69, 9.17) is 9.47 Å². The molecule has 1 saturated heterocycles. The van der Waals surface area contributed by atoms with Crippen LogP contribution in [0.5, 0.6) is 11.5 Å². The van der Waals surface area contributed by atoms with Gasteiger partial charge in [-0.1, -0.05) is 12.1 Å². The second-order valence-corrected chi connectivity index (χ2v) is 6.88. The molecule has 3 heterocycles. The first kappa shape index (κ1) is 17.8. The zero-order valence-electron chi connectivity index (χ0n) is 15.1. The van der Waals surface area contributed by atoms with Crippen LogP contribution >= 0.6 is 0 Å². The van der Waals surface area contributed by atoms with Gasteiger partial charge in [-0.25, -0.2) is 0 Å². The van der Waals surface area contributed by atoms with Gasteiger partial charge in [-0.2, -0.15) is 0 Å². The van der Waals surface area contributed by atoms with Crippen LogP contribution in [0.2, 0.25) is 0 Å². The van der Waals surface area contributed by atoms with Crippen LogP contribution in [0.1, 0.15) is 23.6 Å². The lowest BCUT2D eigenvalue weighted by Crippen LogP contribution is -2.37. The number of carboxylic acid groups (broad SMARTS) is 1. The van der Waals surface area contributed by atoms with Crippen molar-refractivity contribution in [3.05, 3.63) is 53.9 Å². The number of benzene rings is 1. The third kappa shape index (κ3) is 4.04. The van der Waals surface area contributed by atoms with E-state index in [1.54, 1.807) is 18.3 Å². The average Bonchev–Trinajstić information content (AvgIpc) is 3.03. The molecule has 0 aliphatic carbocycles. The van der Waals surface area contributed by atoms with Crippen molar-refractivity contribution in [1.29, 1.82) is 0 Å². The Kier molecular flexibility index (Phi) is 5.22. The first-order chi connectivity index (χ1) is 13.2. The predicted octanol–water partition coefficient (Wildman–Crippen LogP) is 2.14. The van der Waals surface area contributed by atoms with Gasteiger partial charge in [0.05, 0.1) is 0 Å². The van der Waals surface area contributed by atoms with Crippen molar-refractivity contribution in [2.45, 2.75) is 19.0 Å². The number of nitrogens with zero attached hydrogens (tertiary/aromatic N) is 3. The summed E-state index contributed by atoms with van der Waals surface area (Å²) in [6.45, 7) is 4.23. The molecule has 0 amide bonds. The van der Waals surface area contributed by atoms with E-state index >= 15 is 0 Å². The Bertz CT molecular complexity index is 799. The van der Waals surface area contributed by atoms with Gasteiger partial charge < -0.3 is 14.6 Å². The van der Waals surface area contributed by atoms with Gasteiger partial charge in [0.1, 0.15) is 6.04 Å². The van der Waals surface area contributed by atoms with Gasteiger partial charge in [0, 0.05) is 38.6 Å². The molecule has 7 nitrogen and oxygen atoms in total. The highest BCUT2D eigenvalue weighted by Gasteiger charge is 2.30. The topological polar surface area (TPSA) is 75.1 Å². The van der Waals surface area contributed by atoms with Gasteiger partial charge in [-0.15, -0.1) is 0 Å². The number of aliphatic carboxylic acids is 1. The predicted molar refractivity (Wildman–Crippen MR) is 98.6 cm³/mol. The smallest absolute Gasteiger partial charge is 0.325 e. The summed E-state index contributed by atoms with van der Waals surface area (Å²) >= 11 is 0. The number of pyridine rings is 1. The Morgan fingerprint density at radius 3 is 2.85 bits per heavy atom. The Hall–Kier alpha value is -2.64. The molecule has 2 aromatic rings. The number of rotatable bonds is 5. The fraction of sp³-hybridized carbons (Fsp3) is 0.400. The maximum Gasteiger partial charge on any atom is 0.325 e. The van der Waals surface area contributed by atoms with Crippen molar-refractivity contribution < 1.29 is 19.4 Å². The number of carbonyl (C=O) groups is 1. The maximum atomic E-state index is 12.0. The van der Waals surface area contributed by atoms with Crippen LogP contribution < -0.4 is 9.47 Å². The van der Waals surface area contributed by atoms with Crippen molar-refractivity contribution >= 4 is 5.97 Å². The van der Waals surface area contributed by atoms with E-state index in [2.05, 4.69) is 16.0 Å². The summed E-state index contributed by atoms with van der Waals surface area (Å²) in [7, 11) is 0. The second-order valence-electron chi connectivity index (χ2n) is 6.88. The quantitative estimate of drug-likeness (QED) is 0.865. The molecule has 1 N–H and O–H groups in total. The number of ether oxygens (including phenoxy) is 2. The fourth-order valence-electron chi connectivity index (χ4n) is 3.75. The molecule has 1 fully saturated rings. The van der Waals surface area contributed by atoms with Gasteiger partial charge in [0.15, 0.2) is 11.5 Å². The third-order valence-corrected chi connectivity index (χ3v) is 5.06. The monoisotopic (exact) mass is 369 g/mol. The first-order valence-corrected chi connectivity index (χ1v) is 9.18. The summed E-state index contributed by atoms with van der Waals surface area (Å²) in [5.41, 5.74) is 1.91. The van der Waals surface area contributed by atoms with Crippen molar-refractivity contribution in [1.82, 2.24) is 14.8 Å². The highest BCUT2D eigenvalue weighted by Crippen LogP contribution is 2.35. The highest BCUT2D eigenvalue weighted by molar-refractivity contribution is 5.76. The Balaban J connectivity index is 1.46. The van der Waals surface area contributed by atoms with E-state index in [0.29, 0.717) is 18.0 Å². The molecule has 2 aliphatic heterocycles. The van der Waals surface area contributed by atoms with Crippen molar-refractivity contribution in [3.8, 4) is 11.5 Å². The van der Waals surface area contributed by atoms with Gasteiger partial charge in [0.2, 0.25) is 6.79 Å². The van der Waals surface area contributed by atoms with E-state index in [1.807, 2.05) is 23.2 Å². The molecule has 142 valence electrons. The van der Waals surface area contributed by atoms with Gasteiger partial charge in [0.25, 0.3) is 0 Å². The Morgan fingerprint density at radius 2 is 2.04 bits per heavy atom. The normalized spacial score (nSPS) is 18.8. The molecule has 27 heavy (non-hydrogen) atoms. The van der Waals surface area contributed by atoms with Gasteiger partial charge in [-0.3, -0.25) is 19.6 Å². The molecule has 0 radical (unpaired) electrons. The van der Waals surface area contributed by atoms with E-state index in [-0.39, 0.29) is 6.79 Å². The van der Waals surface area contributed by atoms with E-state index < -0.39 is 12.0 Å². The lowest BCUT2D eigenvalue weighted by Gasteiger charge is -2.28. The molecule has 1 aromatic carbocycles. The van der Waals surface area contributed by atoms with Crippen LogP contribution in [0.3, 0.4) is 0 Å². The van der Waals surface area contributed by atoms with Crippen LogP contribution in [0.15, 0.2) is 42.7 Å². The largest absolute Gasteiger partial charge is 0.480 e. The molecular weight excluding hydrogens is 346 g/mol. The third-order valence-electron chi connectivity index (χ3n) is 5.06. The highest BCUT2D eigenvalue weighted by atomic mass is 16.7. The SMILES string of the molecule is O=C(O)[C@@H](c1ccc2c(c1)OCO2)N1CCCN(Cc2cccnc2)CC1. The zero-order chi connectivity index (χ0) is 18.6. The molecule has 0 bridgehead atoms. The minimum Gasteiger partial charge on any atom is -0.480 e. The average molecular weight is 369 g/mol. The summed E-state index contributed by atoms with van der Waals surface area (Å²) in [6, 6.07) is 8.74. The fourth-order valence-corrected chi connectivity index (χ4v) is 3.75. The first-order valence-electron chi connectivity index (χ1n) is 9.18. The lowest BCUT2D eigenvalue weighted by molar-refractivity contribution is -0.143. The van der Waals surface area contributed by atoms with Gasteiger partial charge >= 0.3 is 5.97 Å². The molecule has 1 atom stereocenters. The van der Waals surface area contributed by atoms with Crippen molar-refractivity contribution in [3.63, 3.8) is 0 Å². The summed E-state index contributed by atoms with van der Waals surface area (Å²) in [5.74, 6) is 0.447. The number of aromatic nitrogens is 1. The molecule has 0 saturated carbocycles. The van der Waals surface area contributed by atoms with Crippen molar-refractivity contribution in [2.75, 3.05) is 33.0 Å². The number of carboxylic acids is 1. The van der Waals surface area contributed by atoms with E-state index in [9.17, 15) is 9.90 Å². The van der Waals surface area contributed by atoms with Crippen LogP contribution in [0, 0.1) is 0 Å². The minimum absolute atomic E-state index is 0.184. The van der Waals surface area contributed by atoms with Crippen LogP contribution in [0.25, 0.3) is 0 Å². The zero-order valence-corrected chi connectivity index (χ0v) is 15.1. The molecule has 2 aliphatic rings. The van der Waals surface area contributed by atoms with Crippen LogP contribution in [-0.4, -0.2) is 58.8 Å². The number of hydrogen-bond donors (Lipinski definition) is 1. The van der Waals surface area contributed by atoms with Crippen LogP contribution in [0.4, 0.5) is 0 Å². The van der Waals surface area contributed by atoms with Crippen molar-refractivity contribution in [2.24, 2.45) is 0 Å². The summed E-state index contributed by atoms with van der Waals surface area (Å²) in [5, 5.41) is 9.88. The van der Waals surface area contributed by atoms with E-state index in [1.165, 1.54) is 5.56 Å². The van der Waals surface area contributed by atoms with Crippen LogP contribution in [-0.2, 0) is 11.3 Å². The molecular formula is C20H23N3O4. The molecule has 4 rings (SSSR count). The van der Waals surface area contributed by atoms with Gasteiger partial charge in [-0.05, 0) is 42.3 Å². The van der Waals surface area contributed by atoms with E-state index in [0.717, 1.165) is 38.2 Å². The summed E-state index contributed by atoms with van der Waals surface area (Å²) in [4.78, 5) is 20.6. The standard InChI is InChI=1S/C20H23N3O4/c24-20(25)19(16-4-5-17-18(11-16)27-14-26-17)23-8-2-7-22(9-10-23)13-15-3-1-6-21-12-15/h1,3-6,11-12,19H,2,7-10,13-14H2,(H,24,25)/t19-/m1/s1. The Morgan fingerprint density at radius 1 is 1.15 bits per heavy atom. The molecule has 0 spiro atoms. The maximum absolute atomic E-state index is 12.0. The summed E-state index contributed by atoms with van der Waals surface area (Å²) in [6.07, 6.45) is 4.58. The molecule has 0 unspecified atom stereocenters. The lowest BCUT2D eigenvalue weighted by atomic mass is 10.0.